The van der Waals surface area contributed by atoms with Crippen LogP contribution in [0.3, 0.4) is 0 Å². The Balaban J connectivity index is 1.63. The van der Waals surface area contributed by atoms with Gasteiger partial charge in [-0.05, 0) is 26.0 Å². The molecule has 0 saturated carbocycles. The van der Waals surface area contributed by atoms with E-state index < -0.39 is 0 Å². The van der Waals surface area contributed by atoms with Gasteiger partial charge in [0, 0.05) is 12.3 Å². The fourth-order valence-electron chi connectivity index (χ4n) is 1.34. The van der Waals surface area contributed by atoms with Gasteiger partial charge in [-0.2, -0.15) is 0 Å². The van der Waals surface area contributed by atoms with Crippen molar-refractivity contribution in [2.75, 3.05) is 12.3 Å². The molecular formula is C12H16N2O2S. The van der Waals surface area contributed by atoms with Gasteiger partial charge in [-0.3, -0.25) is 0 Å². The Labute approximate surface area is 105 Å². The number of hydrogen-bond donors (Lipinski definition) is 1. The summed E-state index contributed by atoms with van der Waals surface area (Å²) in [4.78, 5) is 4.31. The molecule has 92 valence electrons. The molecule has 4 nitrogen and oxygen atoms in total. The largest absolute Gasteiger partial charge is 0.468 e. The van der Waals surface area contributed by atoms with Crippen LogP contribution < -0.4 is 5.32 Å². The topological polar surface area (TPSA) is 51.2 Å². The van der Waals surface area contributed by atoms with Crippen LogP contribution in [0.4, 0.5) is 0 Å². The van der Waals surface area contributed by atoms with Crippen molar-refractivity contribution in [1.29, 1.82) is 0 Å². The molecule has 0 atom stereocenters. The van der Waals surface area contributed by atoms with Gasteiger partial charge in [-0.15, -0.1) is 0 Å². The molecule has 2 aromatic heterocycles. The molecule has 0 aromatic carbocycles. The zero-order chi connectivity index (χ0) is 12.1. The van der Waals surface area contributed by atoms with Gasteiger partial charge in [-0.25, -0.2) is 4.98 Å². The van der Waals surface area contributed by atoms with Crippen molar-refractivity contribution in [3.05, 3.63) is 35.6 Å². The predicted molar refractivity (Wildman–Crippen MR) is 67.1 cm³/mol. The van der Waals surface area contributed by atoms with Crippen LogP contribution in [0.2, 0.25) is 0 Å². The molecule has 0 aliphatic carbocycles. The molecule has 2 rings (SSSR count). The highest BCUT2D eigenvalue weighted by atomic mass is 32.2. The lowest BCUT2D eigenvalue weighted by Gasteiger charge is -2.00. The molecule has 1 N–H and O–H groups in total. The van der Waals surface area contributed by atoms with Crippen LogP contribution >= 0.6 is 11.8 Å². The number of oxazole rings is 1. The van der Waals surface area contributed by atoms with Gasteiger partial charge in [0.1, 0.15) is 11.5 Å². The molecule has 0 bridgehead atoms. The summed E-state index contributed by atoms with van der Waals surface area (Å²) >= 11 is 1.62. The molecule has 0 spiro atoms. The normalized spacial score (nSPS) is 10.9. The van der Waals surface area contributed by atoms with E-state index in [1.807, 2.05) is 26.0 Å². The number of hydrogen-bond acceptors (Lipinski definition) is 5. The quantitative estimate of drug-likeness (QED) is 0.633. The Hall–Kier alpha value is -1.20. The van der Waals surface area contributed by atoms with E-state index in [0.717, 1.165) is 41.3 Å². The molecular weight excluding hydrogens is 236 g/mol. The third-order valence-corrected chi connectivity index (χ3v) is 3.22. The summed E-state index contributed by atoms with van der Waals surface area (Å²) in [6, 6.07) is 3.85. The number of aryl methyl sites for hydroxylation is 2. The van der Waals surface area contributed by atoms with Crippen molar-refractivity contribution in [2.45, 2.75) is 25.6 Å². The maximum atomic E-state index is 5.47. The summed E-state index contributed by atoms with van der Waals surface area (Å²) in [6.45, 7) is 5.54. The van der Waals surface area contributed by atoms with Gasteiger partial charge >= 0.3 is 0 Å². The molecule has 0 aliphatic heterocycles. The second kappa shape index (κ2) is 5.93. The van der Waals surface area contributed by atoms with E-state index >= 15 is 0 Å². The average Bonchev–Trinajstić information content (AvgIpc) is 2.90. The fourth-order valence-corrected chi connectivity index (χ4v) is 2.15. The van der Waals surface area contributed by atoms with Crippen molar-refractivity contribution in [2.24, 2.45) is 0 Å². The Morgan fingerprint density at radius 2 is 2.29 bits per heavy atom. The zero-order valence-electron chi connectivity index (χ0n) is 10.0. The smallest absolute Gasteiger partial charge is 0.256 e. The van der Waals surface area contributed by atoms with E-state index in [-0.39, 0.29) is 0 Å². The van der Waals surface area contributed by atoms with Crippen molar-refractivity contribution >= 4 is 11.8 Å². The average molecular weight is 252 g/mol. The van der Waals surface area contributed by atoms with Crippen molar-refractivity contribution in [1.82, 2.24) is 10.3 Å². The van der Waals surface area contributed by atoms with Crippen molar-refractivity contribution < 1.29 is 8.83 Å². The maximum absolute atomic E-state index is 5.47. The summed E-state index contributed by atoms with van der Waals surface area (Å²) in [5.41, 5.74) is 0.969. The van der Waals surface area contributed by atoms with Crippen LogP contribution in [0.25, 0.3) is 0 Å². The molecule has 0 fully saturated rings. The van der Waals surface area contributed by atoms with Crippen LogP contribution in [0.1, 0.15) is 17.2 Å². The second-order valence-corrected chi connectivity index (χ2v) is 4.77. The summed E-state index contributed by atoms with van der Waals surface area (Å²) in [5.74, 6) is 2.79. The van der Waals surface area contributed by atoms with Crippen LogP contribution in [0, 0.1) is 13.8 Å². The van der Waals surface area contributed by atoms with Crippen LogP contribution in [-0.4, -0.2) is 17.3 Å². The fraction of sp³-hybridized carbons (Fsp3) is 0.417. The third kappa shape index (κ3) is 3.64. The van der Waals surface area contributed by atoms with E-state index in [1.54, 1.807) is 18.0 Å². The first-order chi connectivity index (χ1) is 8.25. The van der Waals surface area contributed by atoms with Crippen molar-refractivity contribution in [3.63, 3.8) is 0 Å². The molecule has 0 saturated heterocycles. The van der Waals surface area contributed by atoms with E-state index in [9.17, 15) is 0 Å². The summed E-state index contributed by atoms with van der Waals surface area (Å²) < 4.78 is 10.7. The summed E-state index contributed by atoms with van der Waals surface area (Å²) in [7, 11) is 0. The number of aromatic nitrogens is 1. The number of nitrogens with one attached hydrogen (secondary N) is 1. The lowest BCUT2D eigenvalue weighted by atomic mass is 10.4. The number of rotatable bonds is 6. The van der Waals surface area contributed by atoms with Crippen LogP contribution in [-0.2, 0) is 6.54 Å². The monoisotopic (exact) mass is 252 g/mol. The summed E-state index contributed by atoms with van der Waals surface area (Å²) in [6.07, 6.45) is 1.68. The van der Waals surface area contributed by atoms with Crippen LogP contribution in [0.5, 0.6) is 0 Å². The maximum Gasteiger partial charge on any atom is 0.256 e. The molecule has 0 amide bonds. The first-order valence-electron chi connectivity index (χ1n) is 5.55. The van der Waals surface area contributed by atoms with Gasteiger partial charge in [0.25, 0.3) is 5.22 Å². The first-order valence-corrected chi connectivity index (χ1v) is 6.54. The third-order valence-electron chi connectivity index (χ3n) is 2.39. The molecule has 2 heterocycles. The highest BCUT2D eigenvalue weighted by molar-refractivity contribution is 7.99. The molecule has 0 aliphatic rings. The highest BCUT2D eigenvalue weighted by Gasteiger charge is 2.05. The van der Waals surface area contributed by atoms with Crippen LogP contribution in [0.15, 0.2) is 32.5 Å². The van der Waals surface area contributed by atoms with E-state index in [0.29, 0.717) is 0 Å². The van der Waals surface area contributed by atoms with Gasteiger partial charge in [-0.1, -0.05) is 11.8 Å². The van der Waals surface area contributed by atoms with Gasteiger partial charge in [0.15, 0.2) is 0 Å². The van der Waals surface area contributed by atoms with E-state index in [1.165, 1.54) is 0 Å². The van der Waals surface area contributed by atoms with Gasteiger partial charge < -0.3 is 14.2 Å². The van der Waals surface area contributed by atoms with Gasteiger partial charge in [0.2, 0.25) is 0 Å². The standard InChI is InChI=1S/C12H16N2O2S/c1-9-10(2)16-12(14-9)17-7-5-13-8-11-4-3-6-15-11/h3-4,6,13H,5,7-8H2,1-2H3. The molecule has 2 aromatic rings. The minimum absolute atomic E-state index is 0.750. The number of nitrogens with zero attached hydrogens (tertiary/aromatic N) is 1. The second-order valence-electron chi connectivity index (χ2n) is 3.73. The lowest BCUT2D eigenvalue weighted by molar-refractivity contribution is 0.431. The molecule has 0 unspecified atom stereocenters. The number of furan rings is 1. The Bertz CT molecular complexity index is 432. The van der Waals surface area contributed by atoms with Gasteiger partial charge in [0.05, 0.1) is 18.5 Å². The van der Waals surface area contributed by atoms with E-state index in [4.69, 9.17) is 8.83 Å². The highest BCUT2D eigenvalue weighted by Crippen LogP contribution is 2.19. The molecule has 0 radical (unpaired) electrons. The molecule has 5 heteroatoms. The van der Waals surface area contributed by atoms with E-state index in [2.05, 4.69) is 10.3 Å². The minimum Gasteiger partial charge on any atom is -0.468 e. The SMILES string of the molecule is Cc1nc(SCCNCc2ccco2)oc1C. The number of thioether (sulfide) groups is 1. The minimum atomic E-state index is 0.750. The summed E-state index contributed by atoms with van der Waals surface area (Å²) in [5, 5.41) is 4.05. The lowest BCUT2D eigenvalue weighted by Crippen LogP contribution is -2.15. The molecule has 17 heavy (non-hydrogen) atoms. The zero-order valence-corrected chi connectivity index (χ0v) is 10.8. The Morgan fingerprint density at radius 3 is 2.94 bits per heavy atom. The van der Waals surface area contributed by atoms with Crippen molar-refractivity contribution in [3.8, 4) is 0 Å². The Morgan fingerprint density at radius 1 is 1.41 bits per heavy atom. The first kappa shape index (κ1) is 12.3. The Kier molecular flexibility index (Phi) is 4.28. The predicted octanol–water partition coefficient (Wildman–Crippen LogP) is 2.77.